The molecule has 0 radical (unpaired) electrons. The number of amides is 1. The van der Waals surface area contributed by atoms with Gasteiger partial charge in [0.1, 0.15) is 12.4 Å². The molecule has 0 atom stereocenters. The quantitative estimate of drug-likeness (QED) is 0.852. The van der Waals surface area contributed by atoms with Gasteiger partial charge in [-0.3, -0.25) is 9.69 Å². The number of carbonyl (C=O) groups is 1. The number of primary amides is 1. The Morgan fingerprint density at radius 1 is 1.37 bits per heavy atom. The molecule has 0 bridgehead atoms. The van der Waals surface area contributed by atoms with Gasteiger partial charge in [-0.25, -0.2) is 0 Å². The molecule has 4 nitrogen and oxygen atoms in total. The Morgan fingerprint density at radius 3 is 2.63 bits per heavy atom. The molecule has 2 N–H and O–H groups in total. The number of ether oxygens (including phenoxy) is 1. The minimum atomic E-state index is -0.322. The Bertz CT molecular complexity index is 424. The first-order valence-corrected chi connectivity index (χ1v) is 6.49. The van der Waals surface area contributed by atoms with Gasteiger partial charge in [-0.15, -0.1) is 0 Å². The third kappa shape index (κ3) is 5.75. The number of benzene rings is 1. The van der Waals surface area contributed by atoms with Crippen molar-refractivity contribution in [3.63, 3.8) is 0 Å². The highest BCUT2D eigenvalue weighted by atomic mass is 16.5. The van der Waals surface area contributed by atoms with Crippen LogP contribution in [0.3, 0.4) is 0 Å². The second kappa shape index (κ2) is 6.57. The van der Waals surface area contributed by atoms with Gasteiger partial charge in [0.25, 0.3) is 0 Å². The molecule has 0 aromatic heterocycles. The van der Waals surface area contributed by atoms with Gasteiger partial charge in [-0.05, 0) is 30.2 Å². The average Bonchev–Trinajstić information content (AvgIpc) is 2.27. The molecule has 0 aliphatic rings. The summed E-state index contributed by atoms with van der Waals surface area (Å²) in [7, 11) is 1.85. The molecular formula is C15H24N2O2. The lowest BCUT2D eigenvalue weighted by atomic mass is 9.87. The fourth-order valence-electron chi connectivity index (χ4n) is 1.72. The van der Waals surface area contributed by atoms with Gasteiger partial charge in [-0.2, -0.15) is 0 Å². The topological polar surface area (TPSA) is 55.6 Å². The lowest BCUT2D eigenvalue weighted by Crippen LogP contribution is -2.33. The van der Waals surface area contributed by atoms with Gasteiger partial charge >= 0.3 is 0 Å². The van der Waals surface area contributed by atoms with Crippen LogP contribution < -0.4 is 10.5 Å². The van der Waals surface area contributed by atoms with E-state index in [1.807, 2.05) is 24.1 Å². The fraction of sp³-hybridized carbons (Fsp3) is 0.533. The zero-order valence-electron chi connectivity index (χ0n) is 12.3. The Balaban J connectivity index is 2.48. The molecule has 0 aliphatic carbocycles. The van der Waals surface area contributed by atoms with Crippen LogP contribution in [-0.4, -0.2) is 37.6 Å². The highest BCUT2D eigenvalue weighted by Gasteiger charge is 2.13. The van der Waals surface area contributed by atoms with Crippen LogP contribution in [0.2, 0.25) is 0 Å². The second-order valence-electron chi connectivity index (χ2n) is 5.83. The van der Waals surface area contributed by atoms with E-state index in [4.69, 9.17) is 10.5 Å². The highest BCUT2D eigenvalue weighted by molar-refractivity contribution is 5.75. The summed E-state index contributed by atoms with van der Waals surface area (Å²) in [5.41, 5.74) is 6.48. The minimum absolute atomic E-state index is 0.113. The molecule has 0 fully saturated rings. The average molecular weight is 264 g/mol. The Labute approximate surface area is 115 Å². The van der Waals surface area contributed by atoms with Crippen LogP contribution >= 0.6 is 0 Å². The molecule has 106 valence electrons. The summed E-state index contributed by atoms with van der Waals surface area (Å²) in [6.45, 7) is 7.98. The van der Waals surface area contributed by atoms with Crippen LogP contribution in [0.15, 0.2) is 24.3 Å². The van der Waals surface area contributed by atoms with E-state index in [9.17, 15) is 4.79 Å². The van der Waals surface area contributed by atoms with Crippen LogP contribution in [0, 0.1) is 0 Å². The van der Waals surface area contributed by atoms with Crippen LogP contribution in [0.5, 0.6) is 5.75 Å². The van der Waals surface area contributed by atoms with E-state index in [0.29, 0.717) is 13.2 Å². The largest absolute Gasteiger partial charge is 0.492 e. The first kappa shape index (κ1) is 15.5. The van der Waals surface area contributed by atoms with Crippen molar-refractivity contribution in [2.45, 2.75) is 26.2 Å². The Morgan fingerprint density at radius 2 is 2.05 bits per heavy atom. The summed E-state index contributed by atoms with van der Waals surface area (Å²) in [5.74, 6) is 0.539. The van der Waals surface area contributed by atoms with E-state index in [0.717, 1.165) is 5.75 Å². The van der Waals surface area contributed by atoms with Gasteiger partial charge < -0.3 is 10.5 Å². The molecule has 0 saturated heterocycles. The van der Waals surface area contributed by atoms with Crippen molar-refractivity contribution >= 4 is 5.91 Å². The maximum absolute atomic E-state index is 10.7. The fourth-order valence-corrected chi connectivity index (χ4v) is 1.72. The summed E-state index contributed by atoms with van der Waals surface area (Å²) in [6, 6.07) is 8.12. The lowest BCUT2D eigenvalue weighted by Gasteiger charge is -2.20. The number of hydrogen-bond donors (Lipinski definition) is 1. The maximum Gasteiger partial charge on any atom is 0.231 e. The van der Waals surface area contributed by atoms with Crippen molar-refractivity contribution in [1.29, 1.82) is 0 Å². The third-order valence-electron chi connectivity index (χ3n) is 2.87. The van der Waals surface area contributed by atoms with Gasteiger partial charge in [-0.1, -0.05) is 32.9 Å². The summed E-state index contributed by atoms with van der Waals surface area (Å²) < 4.78 is 5.70. The first-order valence-electron chi connectivity index (χ1n) is 6.49. The van der Waals surface area contributed by atoms with Crippen molar-refractivity contribution in [3.05, 3.63) is 29.8 Å². The molecule has 0 unspecified atom stereocenters. The number of nitrogens with two attached hydrogens (primary N) is 1. The molecule has 1 amide bonds. The monoisotopic (exact) mass is 264 g/mol. The molecule has 1 rings (SSSR count). The predicted molar refractivity (Wildman–Crippen MR) is 77.3 cm³/mol. The number of nitrogens with zero attached hydrogens (tertiary/aromatic N) is 1. The van der Waals surface area contributed by atoms with E-state index in [1.165, 1.54) is 5.56 Å². The molecular weight excluding hydrogens is 240 g/mol. The number of rotatable bonds is 6. The van der Waals surface area contributed by atoms with Gasteiger partial charge in [0.2, 0.25) is 5.91 Å². The highest BCUT2D eigenvalue weighted by Crippen LogP contribution is 2.25. The van der Waals surface area contributed by atoms with Crippen molar-refractivity contribution in [2.75, 3.05) is 26.7 Å². The van der Waals surface area contributed by atoms with Crippen molar-refractivity contribution in [3.8, 4) is 5.75 Å². The predicted octanol–water partition coefficient (Wildman–Crippen LogP) is 1.78. The SMILES string of the molecule is CN(CCOc1cccc(C(C)(C)C)c1)CC(N)=O. The van der Waals surface area contributed by atoms with Crippen LogP contribution in [0.4, 0.5) is 0 Å². The molecule has 1 aromatic carbocycles. The van der Waals surface area contributed by atoms with Gasteiger partial charge in [0.05, 0.1) is 6.54 Å². The van der Waals surface area contributed by atoms with Crippen LogP contribution in [0.25, 0.3) is 0 Å². The molecule has 0 heterocycles. The van der Waals surface area contributed by atoms with Crippen molar-refractivity contribution < 1.29 is 9.53 Å². The second-order valence-corrected chi connectivity index (χ2v) is 5.83. The minimum Gasteiger partial charge on any atom is -0.492 e. The zero-order valence-corrected chi connectivity index (χ0v) is 12.3. The summed E-state index contributed by atoms with van der Waals surface area (Å²) in [6.07, 6.45) is 0. The first-order chi connectivity index (χ1) is 8.79. The molecule has 4 heteroatoms. The number of hydrogen-bond acceptors (Lipinski definition) is 3. The van der Waals surface area contributed by atoms with E-state index in [2.05, 4.69) is 32.9 Å². The lowest BCUT2D eigenvalue weighted by molar-refractivity contribution is -0.118. The smallest absolute Gasteiger partial charge is 0.231 e. The number of carbonyl (C=O) groups excluding carboxylic acids is 1. The maximum atomic E-state index is 10.7. The van der Waals surface area contributed by atoms with E-state index in [1.54, 1.807) is 0 Å². The third-order valence-corrected chi connectivity index (χ3v) is 2.87. The Kier molecular flexibility index (Phi) is 5.36. The van der Waals surface area contributed by atoms with Gasteiger partial charge in [0, 0.05) is 6.54 Å². The molecule has 19 heavy (non-hydrogen) atoms. The van der Waals surface area contributed by atoms with Gasteiger partial charge in [0.15, 0.2) is 0 Å². The molecule has 0 aliphatic heterocycles. The Hall–Kier alpha value is -1.55. The summed E-state index contributed by atoms with van der Waals surface area (Å²) >= 11 is 0. The van der Waals surface area contributed by atoms with E-state index < -0.39 is 0 Å². The van der Waals surface area contributed by atoms with E-state index in [-0.39, 0.29) is 17.9 Å². The van der Waals surface area contributed by atoms with Crippen LogP contribution in [-0.2, 0) is 10.2 Å². The summed E-state index contributed by atoms with van der Waals surface area (Å²) in [4.78, 5) is 12.6. The standard InChI is InChI=1S/C15H24N2O2/c1-15(2,3)12-6-5-7-13(10-12)19-9-8-17(4)11-14(16)18/h5-7,10H,8-9,11H2,1-4H3,(H2,16,18). The van der Waals surface area contributed by atoms with E-state index >= 15 is 0 Å². The molecule has 1 aromatic rings. The van der Waals surface area contributed by atoms with Crippen molar-refractivity contribution in [2.24, 2.45) is 5.73 Å². The zero-order chi connectivity index (χ0) is 14.5. The normalized spacial score (nSPS) is 11.6. The van der Waals surface area contributed by atoms with Crippen LogP contribution in [0.1, 0.15) is 26.3 Å². The molecule has 0 spiro atoms. The summed E-state index contributed by atoms with van der Waals surface area (Å²) in [5, 5.41) is 0. The number of likely N-dealkylation sites (N-methyl/N-ethyl adjacent to an activating group) is 1. The molecule has 0 saturated carbocycles. The van der Waals surface area contributed by atoms with Crippen molar-refractivity contribution in [1.82, 2.24) is 4.90 Å².